The molecule has 1 aromatic rings. The molecule has 0 radical (unpaired) electrons. The molecular weight excluding hydrogens is 351 g/mol. The summed E-state index contributed by atoms with van der Waals surface area (Å²) in [6.07, 6.45) is 4.76. The first kappa shape index (κ1) is 14.8. The van der Waals surface area contributed by atoms with E-state index in [2.05, 4.69) is 16.5 Å². The van der Waals surface area contributed by atoms with Crippen LogP contribution in [0.3, 0.4) is 0 Å². The number of β-amino-alcohol motifs (C(OH)–C–C–N with tert-alkyl or cyclic N) is 1. The highest BCUT2D eigenvalue weighted by Crippen LogP contribution is 2.33. The highest BCUT2D eigenvalue weighted by molar-refractivity contribution is 5.79. The van der Waals surface area contributed by atoms with Crippen LogP contribution in [0.15, 0.2) is 30.3 Å². The van der Waals surface area contributed by atoms with Gasteiger partial charge in [-0.3, -0.25) is 4.58 Å². The Kier molecular flexibility index (Phi) is 4.50. The maximum Gasteiger partial charge on any atom is 0.270 e. The maximum atomic E-state index is 11.1. The Morgan fingerprint density at radius 1 is 1.16 bits per heavy atom. The lowest BCUT2D eigenvalue weighted by molar-refractivity contribution is -0.505. The van der Waals surface area contributed by atoms with Crippen LogP contribution in [0.4, 0.5) is 0 Å². The van der Waals surface area contributed by atoms with E-state index in [1.165, 1.54) is 25.1 Å². The van der Waals surface area contributed by atoms with Crippen molar-refractivity contribution in [2.75, 3.05) is 20.1 Å². The van der Waals surface area contributed by atoms with Crippen LogP contribution in [0, 0.1) is 0 Å². The number of hydrogen-bond acceptors (Lipinski definition) is 2. The third-order valence-corrected chi connectivity index (χ3v) is 4.17. The van der Waals surface area contributed by atoms with E-state index in [9.17, 15) is 5.11 Å². The largest absolute Gasteiger partial charge is 1.00 e. The summed E-state index contributed by atoms with van der Waals surface area (Å²) in [6, 6.07) is 10.1. The van der Waals surface area contributed by atoms with Gasteiger partial charge in [-0.15, -0.1) is 0 Å². The lowest BCUT2D eigenvalue weighted by Gasteiger charge is -2.28. The predicted octanol–water partition coefficient (Wildman–Crippen LogP) is -1.23. The Balaban J connectivity index is 0.00000133. The zero-order chi connectivity index (χ0) is 12.6. The average Bonchev–Trinajstić information content (AvgIpc) is 2.60. The molecule has 0 spiro atoms. The molecule has 1 N–H and O–H groups in total. The summed E-state index contributed by atoms with van der Waals surface area (Å²) in [7, 11) is 2.09. The fourth-order valence-corrected chi connectivity index (χ4v) is 3.25. The van der Waals surface area contributed by atoms with Crippen LogP contribution in [0.2, 0.25) is 0 Å². The topological polar surface area (TPSA) is 26.5 Å². The molecule has 1 unspecified atom stereocenters. The summed E-state index contributed by atoms with van der Waals surface area (Å²) in [5.74, 6) is 1.30. The van der Waals surface area contributed by atoms with Crippen molar-refractivity contribution in [3.8, 4) is 0 Å². The first-order valence-corrected chi connectivity index (χ1v) is 6.84. The molecule has 1 aromatic carbocycles. The summed E-state index contributed by atoms with van der Waals surface area (Å²) in [5.41, 5.74) is 0.170. The van der Waals surface area contributed by atoms with Gasteiger partial charge in [-0.05, 0) is 19.3 Å². The number of amidine groups is 1. The Morgan fingerprint density at radius 3 is 2.63 bits per heavy atom. The van der Waals surface area contributed by atoms with E-state index in [0.717, 1.165) is 18.5 Å². The monoisotopic (exact) mass is 372 g/mol. The molecule has 2 aliphatic rings. The van der Waals surface area contributed by atoms with Crippen LogP contribution >= 0.6 is 0 Å². The SMILES string of the molecule is C[N+]1=C2CCCCCN2C(O)(c2ccccc2)C1.[I-]. The average molecular weight is 372 g/mol. The zero-order valence-corrected chi connectivity index (χ0v) is 13.5. The Bertz CT molecular complexity index is 474. The van der Waals surface area contributed by atoms with E-state index < -0.39 is 5.72 Å². The number of fused-ring (bicyclic) bond motifs is 1. The fourth-order valence-electron chi connectivity index (χ4n) is 3.25. The third kappa shape index (κ3) is 2.52. The zero-order valence-electron chi connectivity index (χ0n) is 11.3. The summed E-state index contributed by atoms with van der Waals surface area (Å²) >= 11 is 0. The van der Waals surface area contributed by atoms with E-state index in [0.29, 0.717) is 6.54 Å². The van der Waals surface area contributed by atoms with E-state index >= 15 is 0 Å². The van der Waals surface area contributed by atoms with Crippen molar-refractivity contribution in [1.82, 2.24) is 4.90 Å². The van der Waals surface area contributed by atoms with Gasteiger partial charge in [-0.1, -0.05) is 30.3 Å². The number of nitrogens with zero attached hydrogens (tertiary/aromatic N) is 2. The molecular formula is C15H21IN2O. The van der Waals surface area contributed by atoms with Crippen molar-refractivity contribution in [3.05, 3.63) is 35.9 Å². The Morgan fingerprint density at radius 2 is 1.89 bits per heavy atom. The second kappa shape index (κ2) is 5.79. The second-order valence-electron chi connectivity index (χ2n) is 5.42. The molecule has 1 saturated heterocycles. The van der Waals surface area contributed by atoms with Gasteiger partial charge in [-0.2, -0.15) is 0 Å². The number of hydrogen-bond donors (Lipinski definition) is 1. The lowest BCUT2D eigenvalue weighted by Crippen LogP contribution is -3.00. The fraction of sp³-hybridized carbons (Fsp3) is 0.533. The summed E-state index contributed by atoms with van der Waals surface area (Å²) < 4.78 is 2.22. The van der Waals surface area contributed by atoms with E-state index in [-0.39, 0.29) is 24.0 Å². The van der Waals surface area contributed by atoms with Crippen LogP contribution in [0.25, 0.3) is 0 Å². The molecule has 3 nitrogen and oxygen atoms in total. The maximum absolute atomic E-state index is 11.1. The lowest BCUT2D eigenvalue weighted by atomic mass is 10.0. The Hall–Kier alpha value is -0.620. The summed E-state index contributed by atoms with van der Waals surface area (Å²) in [5, 5.41) is 11.1. The van der Waals surface area contributed by atoms with Crippen LogP contribution in [0.1, 0.15) is 31.2 Å². The van der Waals surface area contributed by atoms with Crippen molar-refractivity contribution >= 4 is 5.84 Å². The molecule has 1 atom stereocenters. The van der Waals surface area contributed by atoms with Gasteiger partial charge >= 0.3 is 0 Å². The van der Waals surface area contributed by atoms with Crippen molar-refractivity contribution in [2.24, 2.45) is 0 Å². The molecule has 2 aliphatic heterocycles. The number of benzene rings is 1. The minimum atomic E-state index is -0.838. The van der Waals surface area contributed by atoms with Crippen molar-refractivity contribution in [3.63, 3.8) is 0 Å². The molecule has 2 heterocycles. The van der Waals surface area contributed by atoms with Crippen LogP contribution < -0.4 is 24.0 Å². The molecule has 3 rings (SSSR count). The summed E-state index contributed by atoms with van der Waals surface area (Å²) in [6.45, 7) is 1.64. The first-order valence-electron chi connectivity index (χ1n) is 6.84. The van der Waals surface area contributed by atoms with Crippen LogP contribution in [-0.4, -0.2) is 40.6 Å². The molecule has 104 valence electrons. The van der Waals surface area contributed by atoms with Gasteiger partial charge in [0, 0.05) is 12.0 Å². The number of rotatable bonds is 1. The second-order valence-corrected chi connectivity index (χ2v) is 5.42. The molecule has 19 heavy (non-hydrogen) atoms. The highest BCUT2D eigenvalue weighted by atomic mass is 127. The smallest absolute Gasteiger partial charge is 0.270 e. The quantitative estimate of drug-likeness (QED) is 0.494. The summed E-state index contributed by atoms with van der Waals surface area (Å²) in [4.78, 5) is 2.22. The van der Waals surface area contributed by atoms with E-state index in [1.54, 1.807) is 0 Å². The third-order valence-electron chi connectivity index (χ3n) is 4.17. The molecule has 0 aliphatic carbocycles. The highest BCUT2D eigenvalue weighted by Gasteiger charge is 2.51. The Labute approximate surface area is 132 Å². The van der Waals surface area contributed by atoms with Gasteiger partial charge in [-0.25, -0.2) is 4.90 Å². The number of halogens is 1. The van der Waals surface area contributed by atoms with Gasteiger partial charge < -0.3 is 29.1 Å². The van der Waals surface area contributed by atoms with Crippen LogP contribution in [0.5, 0.6) is 0 Å². The minimum Gasteiger partial charge on any atom is -1.00 e. The van der Waals surface area contributed by atoms with Gasteiger partial charge in [0.25, 0.3) is 5.72 Å². The number of aliphatic hydroxyl groups is 1. The molecule has 4 heteroatoms. The van der Waals surface area contributed by atoms with Gasteiger partial charge in [0.1, 0.15) is 0 Å². The molecule has 0 aromatic heterocycles. The molecule has 1 fully saturated rings. The van der Waals surface area contributed by atoms with Crippen molar-refractivity contribution in [2.45, 2.75) is 31.4 Å². The van der Waals surface area contributed by atoms with Gasteiger partial charge in [0.2, 0.25) is 5.84 Å². The van der Waals surface area contributed by atoms with Crippen molar-refractivity contribution in [1.29, 1.82) is 0 Å². The van der Waals surface area contributed by atoms with Gasteiger partial charge in [0.05, 0.1) is 13.6 Å². The van der Waals surface area contributed by atoms with Crippen LogP contribution in [-0.2, 0) is 5.72 Å². The molecule has 0 amide bonds. The number of likely N-dealkylation sites (N-methyl/N-ethyl adjacent to an activating group) is 1. The first-order chi connectivity index (χ1) is 8.72. The van der Waals surface area contributed by atoms with Gasteiger partial charge in [0.15, 0.2) is 6.54 Å². The minimum absolute atomic E-state index is 0. The van der Waals surface area contributed by atoms with Crippen molar-refractivity contribution < 1.29 is 33.7 Å². The standard InChI is InChI=1S/C15H21N2O.HI/c1-16-12-15(18,13-8-4-2-5-9-13)17-11-7-3-6-10-14(16)17;/h2,4-5,8-9,18H,3,6-7,10-12H2,1H3;1H/q+1;/p-1. The normalized spacial score (nSPS) is 26.7. The molecule has 0 saturated carbocycles. The van der Waals surface area contributed by atoms with E-state index in [1.807, 2.05) is 30.3 Å². The molecule has 0 bridgehead atoms. The predicted molar refractivity (Wildman–Crippen MR) is 71.6 cm³/mol. The van der Waals surface area contributed by atoms with E-state index in [4.69, 9.17) is 0 Å².